The Bertz CT molecular complexity index is 582. The Morgan fingerprint density at radius 3 is 2.57 bits per heavy atom. The lowest BCUT2D eigenvalue weighted by atomic mass is 10.2. The number of nitrogens with zero attached hydrogens (tertiary/aromatic N) is 1. The van der Waals surface area contributed by atoms with E-state index < -0.39 is 0 Å². The van der Waals surface area contributed by atoms with Crippen LogP contribution in [-0.4, -0.2) is 11.5 Å². The second-order valence-corrected chi connectivity index (χ2v) is 6.45. The molecule has 1 heterocycles. The first kappa shape index (κ1) is 16.0. The number of hydrogen-bond donors (Lipinski definition) is 1. The highest BCUT2D eigenvalue weighted by atomic mass is 79.9. The van der Waals surface area contributed by atoms with Crippen LogP contribution in [0.1, 0.15) is 25.1 Å². The fourth-order valence-corrected chi connectivity index (χ4v) is 2.25. The monoisotopic (exact) mass is 348 g/mol. The molecule has 0 aliphatic carbocycles. The van der Waals surface area contributed by atoms with Crippen LogP contribution < -0.4 is 10.1 Å². The number of nitrogens with one attached hydrogen (secondary N) is 1. The number of halogens is 1. The van der Waals surface area contributed by atoms with Gasteiger partial charge in [0.15, 0.2) is 0 Å². The minimum atomic E-state index is 0.638. The van der Waals surface area contributed by atoms with Gasteiger partial charge >= 0.3 is 0 Å². The van der Waals surface area contributed by atoms with Crippen LogP contribution in [0.4, 0.5) is 0 Å². The summed E-state index contributed by atoms with van der Waals surface area (Å²) < 4.78 is 6.86. The van der Waals surface area contributed by atoms with E-state index >= 15 is 0 Å². The van der Waals surface area contributed by atoms with Crippen LogP contribution in [-0.2, 0) is 6.54 Å². The number of rotatable bonds is 6. The van der Waals surface area contributed by atoms with Crippen LogP contribution in [0.15, 0.2) is 40.9 Å². The number of benzene rings is 1. The zero-order valence-corrected chi connectivity index (χ0v) is 14.3. The molecule has 0 aliphatic heterocycles. The quantitative estimate of drug-likeness (QED) is 0.822. The van der Waals surface area contributed by atoms with Gasteiger partial charge in [0, 0.05) is 22.8 Å². The number of aromatic nitrogens is 1. The third-order valence-corrected chi connectivity index (χ3v) is 3.44. The van der Waals surface area contributed by atoms with Gasteiger partial charge in [0.25, 0.3) is 0 Å². The van der Waals surface area contributed by atoms with Crippen LogP contribution in [0.5, 0.6) is 11.6 Å². The smallest absolute Gasteiger partial charge is 0.219 e. The van der Waals surface area contributed by atoms with Crippen molar-refractivity contribution in [2.24, 2.45) is 5.92 Å². The van der Waals surface area contributed by atoms with E-state index in [0.29, 0.717) is 11.8 Å². The predicted octanol–water partition coefficient (Wildman–Crippen LogP) is 4.69. The van der Waals surface area contributed by atoms with Gasteiger partial charge in [-0.3, -0.25) is 0 Å². The molecular formula is C17H21BrN2O. The molecule has 2 aromatic rings. The fraction of sp³-hybridized carbons (Fsp3) is 0.353. The van der Waals surface area contributed by atoms with Gasteiger partial charge < -0.3 is 10.1 Å². The molecule has 0 bridgehead atoms. The molecule has 0 saturated heterocycles. The molecule has 0 amide bonds. The molecule has 1 aromatic carbocycles. The van der Waals surface area contributed by atoms with Crippen molar-refractivity contribution in [3.05, 3.63) is 52.1 Å². The summed E-state index contributed by atoms with van der Waals surface area (Å²) in [6, 6.07) is 11.8. The Balaban J connectivity index is 2.05. The summed E-state index contributed by atoms with van der Waals surface area (Å²) in [5.74, 6) is 2.07. The SMILES string of the molecule is Cc1cc(CNCC(C)C)cc(Oc2ccc(Br)cc2)n1. The van der Waals surface area contributed by atoms with Gasteiger partial charge in [0.2, 0.25) is 5.88 Å². The first-order chi connectivity index (χ1) is 10.0. The van der Waals surface area contributed by atoms with E-state index in [0.717, 1.165) is 29.0 Å². The average molecular weight is 349 g/mol. The summed E-state index contributed by atoms with van der Waals surface area (Å²) in [4.78, 5) is 4.43. The third-order valence-electron chi connectivity index (χ3n) is 2.91. The lowest BCUT2D eigenvalue weighted by molar-refractivity contribution is 0.460. The second-order valence-electron chi connectivity index (χ2n) is 5.54. The Morgan fingerprint density at radius 2 is 1.90 bits per heavy atom. The summed E-state index contributed by atoms with van der Waals surface area (Å²) in [7, 11) is 0. The lowest BCUT2D eigenvalue weighted by Crippen LogP contribution is -2.19. The zero-order valence-electron chi connectivity index (χ0n) is 12.7. The van der Waals surface area contributed by atoms with Gasteiger partial charge in [-0.05, 0) is 55.3 Å². The molecule has 0 atom stereocenters. The van der Waals surface area contributed by atoms with Crippen molar-refractivity contribution >= 4 is 15.9 Å². The van der Waals surface area contributed by atoms with Crippen molar-refractivity contribution in [1.82, 2.24) is 10.3 Å². The van der Waals surface area contributed by atoms with Crippen molar-refractivity contribution in [2.45, 2.75) is 27.3 Å². The van der Waals surface area contributed by atoms with Gasteiger partial charge in [-0.2, -0.15) is 0 Å². The standard InChI is InChI=1S/C17H21BrN2O/c1-12(2)10-19-11-14-8-13(3)20-17(9-14)21-16-6-4-15(18)5-7-16/h4-9,12,19H,10-11H2,1-3H3. The Hall–Kier alpha value is -1.39. The maximum atomic E-state index is 5.82. The van der Waals surface area contributed by atoms with Crippen molar-refractivity contribution in [3.8, 4) is 11.6 Å². The third kappa shape index (κ3) is 5.48. The molecule has 21 heavy (non-hydrogen) atoms. The van der Waals surface area contributed by atoms with Gasteiger partial charge in [0.1, 0.15) is 5.75 Å². The van der Waals surface area contributed by atoms with Crippen LogP contribution in [0.25, 0.3) is 0 Å². The van der Waals surface area contributed by atoms with Crippen LogP contribution in [0.2, 0.25) is 0 Å². The number of hydrogen-bond acceptors (Lipinski definition) is 3. The van der Waals surface area contributed by atoms with Crippen molar-refractivity contribution in [2.75, 3.05) is 6.54 Å². The highest BCUT2D eigenvalue weighted by Gasteiger charge is 2.04. The minimum Gasteiger partial charge on any atom is -0.439 e. The first-order valence-corrected chi connectivity index (χ1v) is 7.94. The summed E-state index contributed by atoms with van der Waals surface area (Å²) in [6.45, 7) is 8.22. The van der Waals surface area contributed by atoms with Gasteiger partial charge in [0.05, 0.1) is 0 Å². The molecule has 0 saturated carbocycles. The second kappa shape index (κ2) is 7.57. The molecule has 3 nitrogen and oxygen atoms in total. The predicted molar refractivity (Wildman–Crippen MR) is 89.7 cm³/mol. The van der Waals surface area contributed by atoms with Crippen LogP contribution >= 0.6 is 15.9 Å². The van der Waals surface area contributed by atoms with Crippen molar-refractivity contribution in [1.29, 1.82) is 0 Å². The highest BCUT2D eigenvalue weighted by molar-refractivity contribution is 9.10. The summed E-state index contributed by atoms with van der Waals surface area (Å²) in [5, 5.41) is 3.44. The minimum absolute atomic E-state index is 0.638. The summed E-state index contributed by atoms with van der Waals surface area (Å²) in [5.41, 5.74) is 2.15. The molecule has 0 unspecified atom stereocenters. The number of ether oxygens (including phenoxy) is 1. The van der Waals surface area contributed by atoms with E-state index in [9.17, 15) is 0 Å². The molecule has 2 rings (SSSR count). The Kier molecular flexibility index (Phi) is 5.76. The van der Waals surface area contributed by atoms with Gasteiger partial charge in [-0.15, -0.1) is 0 Å². The molecular weight excluding hydrogens is 328 g/mol. The average Bonchev–Trinajstić information content (AvgIpc) is 2.40. The largest absolute Gasteiger partial charge is 0.439 e. The zero-order chi connectivity index (χ0) is 15.2. The first-order valence-electron chi connectivity index (χ1n) is 7.14. The van der Waals surface area contributed by atoms with Gasteiger partial charge in [-0.25, -0.2) is 4.98 Å². The summed E-state index contributed by atoms with van der Waals surface area (Å²) in [6.07, 6.45) is 0. The summed E-state index contributed by atoms with van der Waals surface area (Å²) >= 11 is 3.41. The van der Waals surface area contributed by atoms with Crippen molar-refractivity contribution < 1.29 is 4.74 Å². The maximum Gasteiger partial charge on any atom is 0.219 e. The molecule has 0 spiro atoms. The van der Waals surface area contributed by atoms with Crippen molar-refractivity contribution in [3.63, 3.8) is 0 Å². The molecule has 0 radical (unpaired) electrons. The molecule has 4 heteroatoms. The van der Waals surface area contributed by atoms with Gasteiger partial charge in [-0.1, -0.05) is 29.8 Å². The molecule has 112 valence electrons. The number of pyridine rings is 1. The maximum absolute atomic E-state index is 5.82. The molecule has 1 N–H and O–H groups in total. The molecule has 0 aliphatic rings. The van der Waals surface area contributed by atoms with E-state index in [1.807, 2.05) is 37.3 Å². The lowest BCUT2D eigenvalue weighted by Gasteiger charge is -2.10. The van der Waals surface area contributed by atoms with E-state index in [2.05, 4.69) is 46.1 Å². The molecule has 0 fully saturated rings. The fourth-order valence-electron chi connectivity index (χ4n) is 1.99. The van der Waals surface area contributed by atoms with Crippen LogP contribution in [0.3, 0.4) is 0 Å². The van der Waals surface area contributed by atoms with E-state index in [-0.39, 0.29) is 0 Å². The van der Waals surface area contributed by atoms with Crippen LogP contribution in [0, 0.1) is 12.8 Å². The normalized spacial score (nSPS) is 10.9. The highest BCUT2D eigenvalue weighted by Crippen LogP contribution is 2.23. The number of aryl methyl sites for hydroxylation is 1. The van der Waals surface area contributed by atoms with E-state index in [4.69, 9.17) is 4.74 Å². The Morgan fingerprint density at radius 1 is 1.19 bits per heavy atom. The topological polar surface area (TPSA) is 34.1 Å². The Labute approximate surface area is 134 Å². The molecule has 1 aromatic heterocycles. The van der Waals surface area contributed by atoms with E-state index in [1.54, 1.807) is 0 Å². The van der Waals surface area contributed by atoms with E-state index in [1.165, 1.54) is 5.56 Å².